The largest absolute Gasteiger partial charge is 0.326 e. The van der Waals surface area contributed by atoms with Gasteiger partial charge >= 0.3 is 0 Å². The first kappa shape index (κ1) is 17.4. The highest BCUT2D eigenvalue weighted by Gasteiger charge is 2.11. The molecule has 0 spiro atoms. The smallest absolute Gasteiger partial charge is 0.255 e. The predicted octanol–water partition coefficient (Wildman–Crippen LogP) is 3.61. The van der Waals surface area contributed by atoms with E-state index in [0.717, 1.165) is 11.2 Å². The molecular weight excluding hydrogens is 354 g/mol. The van der Waals surface area contributed by atoms with Gasteiger partial charge in [-0.1, -0.05) is 24.3 Å². The summed E-state index contributed by atoms with van der Waals surface area (Å²) in [6, 6.07) is 19.9. The zero-order chi connectivity index (χ0) is 19.5. The van der Waals surface area contributed by atoms with Gasteiger partial charge in [-0.3, -0.25) is 14.0 Å². The van der Waals surface area contributed by atoms with Gasteiger partial charge < -0.3 is 10.6 Å². The fraction of sp³-hybridized carbons (Fsp3) is 0.0476. The fourth-order valence-electron chi connectivity index (χ4n) is 2.92. The van der Waals surface area contributed by atoms with Crippen LogP contribution in [0, 0.1) is 0 Å². The Morgan fingerprint density at radius 2 is 1.64 bits per heavy atom. The SMILES string of the molecule is CC(=O)Nc1cccc(C(=O)Nc2cccc(-c3nnc4ccccn34)c2)c1. The molecule has 0 aliphatic carbocycles. The molecule has 0 radical (unpaired) electrons. The lowest BCUT2D eigenvalue weighted by Gasteiger charge is -2.09. The fourth-order valence-corrected chi connectivity index (χ4v) is 2.92. The van der Waals surface area contributed by atoms with E-state index in [-0.39, 0.29) is 11.8 Å². The lowest BCUT2D eigenvalue weighted by molar-refractivity contribution is -0.114. The van der Waals surface area contributed by atoms with Gasteiger partial charge in [0, 0.05) is 35.6 Å². The summed E-state index contributed by atoms with van der Waals surface area (Å²) in [6.45, 7) is 1.42. The minimum atomic E-state index is -0.268. The van der Waals surface area contributed by atoms with E-state index < -0.39 is 0 Å². The van der Waals surface area contributed by atoms with E-state index in [0.29, 0.717) is 22.8 Å². The van der Waals surface area contributed by atoms with Crippen molar-refractivity contribution in [1.82, 2.24) is 14.6 Å². The number of fused-ring (bicyclic) bond motifs is 1. The van der Waals surface area contributed by atoms with E-state index in [9.17, 15) is 9.59 Å². The minimum absolute atomic E-state index is 0.189. The number of anilines is 2. The quantitative estimate of drug-likeness (QED) is 0.574. The van der Waals surface area contributed by atoms with Gasteiger partial charge in [0.25, 0.3) is 5.91 Å². The first-order chi connectivity index (χ1) is 13.6. The molecule has 4 rings (SSSR count). The molecule has 28 heavy (non-hydrogen) atoms. The number of rotatable bonds is 4. The molecule has 0 atom stereocenters. The summed E-state index contributed by atoms with van der Waals surface area (Å²) >= 11 is 0. The molecule has 0 saturated heterocycles. The number of hydrogen-bond donors (Lipinski definition) is 2. The van der Waals surface area contributed by atoms with E-state index in [1.165, 1.54) is 6.92 Å². The van der Waals surface area contributed by atoms with Crippen LogP contribution in [0.1, 0.15) is 17.3 Å². The van der Waals surface area contributed by atoms with E-state index in [1.807, 2.05) is 53.1 Å². The van der Waals surface area contributed by atoms with Crippen LogP contribution in [0.25, 0.3) is 17.0 Å². The number of hydrogen-bond acceptors (Lipinski definition) is 4. The van der Waals surface area contributed by atoms with Crippen LogP contribution >= 0.6 is 0 Å². The Balaban J connectivity index is 1.59. The van der Waals surface area contributed by atoms with Crippen LogP contribution in [-0.4, -0.2) is 26.4 Å². The van der Waals surface area contributed by atoms with Crippen LogP contribution in [0.5, 0.6) is 0 Å². The molecule has 2 amide bonds. The maximum atomic E-state index is 12.6. The lowest BCUT2D eigenvalue weighted by Crippen LogP contribution is -2.13. The summed E-state index contributed by atoms with van der Waals surface area (Å²) in [6.07, 6.45) is 1.89. The van der Waals surface area contributed by atoms with Crippen molar-refractivity contribution >= 4 is 28.8 Å². The second kappa shape index (κ2) is 7.32. The highest BCUT2D eigenvalue weighted by Crippen LogP contribution is 2.22. The molecule has 138 valence electrons. The molecule has 2 heterocycles. The van der Waals surface area contributed by atoms with Crippen molar-refractivity contribution < 1.29 is 9.59 Å². The molecule has 2 aromatic heterocycles. The molecule has 4 aromatic rings. The minimum Gasteiger partial charge on any atom is -0.326 e. The van der Waals surface area contributed by atoms with Crippen LogP contribution in [0.15, 0.2) is 72.9 Å². The first-order valence-electron chi connectivity index (χ1n) is 8.69. The Bertz CT molecular complexity index is 1180. The molecule has 0 aliphatic heterocycles. The van der Waals surface area contributed by atoms with Crippen LogP contribution in [0.3, 0.4) is 0 Å². The van der Waals surface area contributed by atoms with Gasteiger partial charge in [-0.05, 0) is 42.5 Å². The van der Waals surface area contributed by atoms with Crippen LogP contribution in [0.4, 0.5) is 11.4 Å². The highest BCUT2D eigenvalue weighted by atomic mass is 16.2. The summed E-state index contributed by atoms with van der Waals surface area (Å²) in [7, 11) is 0. The molecule has 0 aliphatic rings. The lowest BCUT2D eigenvalue weighted by atomic mass is 10.1. The number of amides is 2. The molecule has 7 heteroatoms. The Morgan fingerprint density at radius 3 is 2.46 bits per heavy atom. The molecule has 2 aromatic carbocycles. The molecule has 2 N–H and O–H groups in total. The van der Waals surface area contributed by atoms with Crippen LogP contribution < -0.4 is 10.6 Å². The van der Waals surface area contributed by atoms with E-state index in [2.05, 4.69) is 20.8 Å². The maximum absolute atomic E-state index is 12.6. The highest BCUT2D eigenvalue weighted by molar-refractivity contribution is 6.05. The summed E-state index contributed by atoms with van der Waals surface area (Å²) in [5.41, 5.74) is 3.25. The van der Waals surface area contributed by atoms with Crippen molar-refractivity contribution in [2.75, 3.05) is 10.6 Å². The first-order valence-corrected chi connectivity index (χ1v) is 8.69. The third-order valence-corrected chi connectivity index (χ3v) is 4.14. The standard InChI is InChI=1S/C21H17N5O2/c1-14(27)22-17-8-5-7-16(13-17)21(28)23-18-9-4-6-15(12-18)20-25-24-19-10-2-3-11-26(19)20/h2-13H,1H3,(H,22,27)(H,23,28). The van der Waals surface area contributed by atoms with Gasteiger partial charge in [0.05, 0.1) is 0 Å². The van der Waals surface area contributed by atoms with Gasteiger partial charge in [-0.25, -0.2) is 0 Å². The number of nitrogens with one attached hydrogen (secondary N) is 2. The summed E-state index contributed by atoms with van der Waals surface area (Å²) < 4.78 is 1.89. The zero-order valence-corrected chi connectivity index (χ0v) is 15.1. The third-order valence-electron chi connectivity index (χ3n) is 4.14. The number of aromatic nitrogens is 3. The molecule has 0 fully saturated rings. The van der Waals surface area contributed by atoms with Gasteiger partial charge in [-0.2, -0.15) is 0 Å². The summed E-state index contributed by atoms with van der Waals surface area (Å²) in [5, 5.41) is 14.0. The summed E-state index contributed by atoms with van der Waals surface area (Å²) in [5.74, 6) is 0.237. The number of carbonyl (C=O) groups is 2. The topological polar surface area (TPSA) is 88.4 Å². The molecular formula is C21H17N5O2. The summed E-state index contributed by atoms with van der Waals surface area (Å²) in [4.78, 5) is 23.8. The number of nitrogens with zero attached hydrogens (tertiary/aromatic N) is 3. The average Bonchev–Trinajstić information content (AvgIpc) is 3.12. The van der Waals surface area contributed by atoms with Gasteiger partial charge in [0.2, 0.25) is 5.91 Å². The van der Waals surface area contributed by atoms with Crippen molar-refractivity contribution in [3.05, 3.63) is 78.5 Å². The van der Waals surface area contributed by atoms with E-state index in [4.69, 9.17) is 0 Å². The second-order valence-electron chi connectivity index (χ2n) is 6.25. The average molecular weight is 371 g/mol. The van der Waals surface area contributed by atoms with Crippen molar-refractivity contribution in [1.29, 1.82) is 0 Å². The number of benzene rings is 2. The normalized spacial score (nSPS) is 10.6. The van der Waals surface area contributed by atoms with Gasteiger partial charge in [0.1, 0.15) is 0 Å². The Hall–Kier alpha value is -4.00. The Morgan fingerprint density at radius 1 is 0.857 bits per heavy atom. The van der Waals surface area contributed by atoms with E-state index in [1.54, 1.807) is 24.3 Å². The van der Waals surface area contributed by atoms with Crippen molar-refractivity contribution in [2.24, 2.45) is 0 Å². The van der Waals surface area contributed by atoms with Gasteiger partial charge in [0.15, 0.2) is 11.5 Å². The second-order valence-corrected chi connectivity index (χ2v) is 6.25. The Kier molecular flexibility index (Phi) is 4.55. The molecule has 7 nitrogen and oxygen atoms in total. The molecule has 0 saturated carbocycles. The number of carbonyl (C=O) groups excluding carboxylic acids is 2. The van der Waals surface area contributed by atoms with Gasteiger partial charge in [-0.15, -0.1) is 10.2 Å². The van der Waals surface area contributed by atoms with Crippen molar-refractivity contribution in [3.63, 3.8) is 0 Å². The number of pyridine rings is 1. The monoisotopic (exact) mass is 371 g/mol. The van der Waals surface area contributed by atoms with Crippen LogP contribution in [0.2, 0.25) is 0 Å². The van der Waals surface area contributed by atoms with Crippen LogP contribution in [-0.2, 0) is 4.79 Å². The maximum Gasteiger partial charge on any atom is 0.255 e. The molecule has 0 bridgehead atoms. The van der Waals surface area contributed by atoms with Crippen molar-refractivity contribution in [3.8, 4) is 11.4 Å². The third kappa shape index (κ3) is 3.59. The zero-order valence-electron chi connectivity index (χ0n) is 15.1. The Labute approximate surface area is 161 Å². The van der Waals surface area contributed by atoms with E-state index >= 15 is 0 Å². The van der Waals surface area contributed by atoms with Crippen molar-refractivity contribution in [2.45, 2.75) is 6.92 Å². The molecule has 0 unspecified atom stereocenters. The predicted molar refractivity (Wildman–Crippen MR) is 107 cm³/mol.